The van der Waals surface area contributed by atoms with E-state index in [0.29, 0.717) is 16.6 Å². The zero-order valence-electron chi connectivity index (χ0n) is 14.6. The Labute approximate surface area is 168 Å². The van der Waals surface area contributed by atoms with Crippen LogP contribution in [0.25, 0.3) is 11.3 Å². The number of halogens is 1. The Morgan fingerprint density at radius 2 is 2.00 bits per heavy atom. The number of nitrogens with zero attached hydrogens (tertiary/aromatic N) is 2. The minimum absolute atomic E-state index is 0.0575. The average Bonchev–Trinajstić information content (AvgIpc) is 3.12. The van der Waals surface area contributed by atoms with E-state index in [2.05, 4.69) is 31.4 Å². The molecule has 2 heterocycles. The Kier molecular flexibility index (Phi) is 6.16. The Morgan fingerprint density at radius 1 is 1.27 bits per heavy atom. The lowest BCUT2D eigenvalue weighted by atomic mass is 10.1. The summed E-state index contributed by atoms with van der Waals surface area (Å²) in [7, 11) is 0. The lowest BCUT2D eigenvalue weighted by Crippen LogP contribution is -2.14. The van der Waals surface area contributed by atoms with E-state index in [1.807, 2.05) is 45.0 Å². The third-order valence-electron chi connectivity index (χ3n) is 3.82. The molecule has 0 spiro atoms. The molecule has 0 aliphatic rings. The number of aromatic nitrogens is 2. The predicted octanol–water partition coefficient (Wildman–Crippen LogP) is 5.36. The summed E-state index contributed by atoms with van der Waals surface area (Å²) >= 11 is 6.46. The van der Waals surface area contributed by atoms with Gasteiger partial charge in [-0.3, -0.25) is 4.79 Å². The number of carbonyl (C=O) groups is 1. The fraction of sp³-hybridized carbons (Fsp3) is 0.278. The van der Waals surface area contributed by atoms with E-state index in [1.165, 1.54) is 23.1 Å². The summed E-state index contributed by atoms with van der Waals surface area (Å²) in [6.07, 6.45) is 0. The molecule has 1 N–H and O–H groups in total. The highest BCUT2D eigenvalue weighted by Crippen LogP contribution is 2.31. The molecule has 0 saturated heterocycles. The van der Waals surface area contributed by atoms with Gasteiger partial charge < -0.3 is 9.84 Å². The van der Waals surface area contributed by atoms with Crippen molar-refractivity contribution in [2.45, 2.75) is 26.5 Å². The topological polar surface area (TPSA) is 68.0 Å². The second kappa shape index (κ2) is 8.37. The molecule has 0 aliphatic carbocycles. The molecule has 0 radical (unpaired) electrons. The van der Waals surface area contributed by atoms with Crippen LogP contribution in [-0.4, -0.2) is 21.8 Å². The van der Waals surface area contributed by atoms with Crippen LogP contribution in [0.5, 0.6) is 0 Å². The van der Waals surface area contributed by atoms with Gasteiger partial charge in [0.25, 0.3) is 0 Å². The van der Waals surface area contributed by atoms with Gasteiger partial charge in [0.2, 0.25) is 5.91 Å². The molecular weight excluding hydrogens is 434 g/mol. The van der Waals surface area contributed by atoms with Crippen molar-refractivity contribution >= 4 is 50.1 Å². The number of nitrogens with one attached hydrogen (secondary N) is 1. The van der Waals surface area contributed by atoms with Crippen LogP contribution in [0, 0.1) is 20.8 Å². The predicted molar refractivity (Wildman–Crippen MR) is 111 cm³/mol. The second-order valence-electron chi connectivity index (χ2n) is 5.77. The van der Waals surface area contributed by atoms with E-state index in [4.69, 9.17) is 4.52 Å². The number of carbonyl (C=O) groups excluding carboxylic acids is 1. The van der Waals surface area contributed by atoms with Crippen molar-refractivity contribution in [1.82, 2.24) is 10.1 Å². The zero-order chi connectivity index (χ0) is 18.7. The first kappa shape index (κ1) is 19.1. The lowest BCUT2D eigenvalue weighted by molar-refractivity contribution is -0.113. The lowest BCUT2D eigenvalue weighted by Gasteiger charge is -2.02. The summed E-state index contributed by atoms with van der Waals surface area (Å²) in [6.45, 7) is 5.81. The maximum atomic E-state index is 12.2. The molecule has 8 heteroatoms. The molecule has 26 heavy (non-hydrogen) atoms. The van der Waals surface area contributed by atoms with Gasteiger partial charge >= 0.3 is 0 Å². The van der Waals surface area contributed by atoms with E-state index in [0.717, 1.165) is 37.6 Å². The Hall–Kier alpha value is -1.64. The van der Waals surface area contributed by atoms with E-state index >= 15 is 0 Å². The van der Waals surface area contributed by atoms with E-state index in [-0.39, 0.29) is 5.91 Å². The van der Waals surface area contributed by atoms with Gasteiger partial charge in [-0.25, -0.2) is 4.98 Å². The van der Waals surface area contributed by atoms with Crippen LogP contribution in [0.2, 0.25) is 0 Å². The first-order valence-electron chi connectivity index (χ1n) is 7.96. The Balaban J connectivity index is 1.58. The SMILES string of the molecule is Cc1noc(C)c1CSCC(=O)Nc1nc(-c2ccc(Br)cc2)c(C)s1. The quantitative estimate of drug-likeness (QED) is 0.546. The molecule has 2 aromatic heterocycles. The molecule has 3 rings (SSSR count). The number of thiazole rings is 1. The number of hydrogen-bond acceptors (Lipinski definition) is 6. The second-order valence-corrected chi connectivity index (χ2v) is 8.88. The average molecular weight is 452 g/mol. The van der Waals surface area contributed by atoms with Gasteiger partial charge in [-0.15, -0.1) is 23.1 Å². The normalized spacial score (nSPS) is 10.9. The number of hydrogen-bond donors (Lipinski definition) is 1. The number of benzene rings is 1. The minimum atomic E-state index is -0.0575. The van der Waals surface area contributed by atoms with Crippen LogP contribution < -0.4 is 5.32 Å². The fourth-order valence-electron chi connectivity index (χ4n) is 2.43. The monoisotopic (exact) mass is 451 g/mol. The zero-order valence-corrected chi connectivity index (χ0v) is 17.8. The molecule has 0 saturated carbocycles. The molecule has 0 aliphatic heterocycles. The number of amides is 1. The molecule has 0 bridgehead atoms. The van der Waals surface area contributed by atoms with Crippen LogP contribution in [0.3, 0.4) is 0 Å². The van der Waals surface area contributed by atoms with Crippen molar-refractivity contribution in [3.63, 3.8) is 0 Å². The third-order valence-corrected chi connectivity index (χ3v) is 6.20. The molecular formula is C18H18BrN3O2S2. The molecule has 136 valence electrons. The van der Waals surface area contributed by atoms with Crippen molar-refractivity contribution in [2.24, 2.45) is 0 Å². The summed E-state index contributed by atoms with van der Waals surface area (Å²) in [4.78, 5) is 17.8. The van der Waals surface area contributed by atoms with Crippen LogP contribution in [0.1, 0.15) is 21.9 Å². The summed E-state index contributed by atoms with van der Waals surface area (Å²) in [6, 6.07) is 7.99. The van der Waals surface area contributed by atoms with Crippen molar-refractivity contribution in [2.75, 3.05) is 11.1 Å². The van der Waals surface area contributed by atoms with Crippen molar-refractivity contribution in [1.29, 1.82) is 0 Å². The number of rotatable bonds is 6. The molecule has 0 atom stereocenters. The van der Waals surface area contributed by atoms with E-state index in [9.17, 15) is 4.79 Å². The minimum Gasteiger partial charge on any atom is -0.361 e. The van der Waals surface area contributed by atoms with Gasteiger partial charge in [-0.2, -0.15) is 0 Å². The van der Waals surface area contributed by atoms with E-state index in [1.54, 1.807) is 0 Å². The van der Waals surface area contributed by atoms with Crippen LogP contribution in [0.4, 0.5) is 5.13 Å². The number of anilines is 1. The standard InChI is InChI=1S/C18H18BrN3O2S2/c1-10-15(11(2)24-22-10)8-25-9-16(23)20-18-21-17(12(3)26-18)13-4-6-14(19)7-5-13/h4-7H,8-9H2,1-3H3,(H,20,21,23). The maximum Gasteiger partial charge on any atom is 0.236 e. The van der Waals surface area contributed by atoms with Gasteiger partial charge in [0.15, 0.2) is 5.13 Å². The first-order chi connectivity index (χ1) is 12.4. The van der Waals surface area contributed by atoms with Crippen molar-refractivity contribution in [3.8, 4) is 11.3 Å². The largest absolute Gasteiger partial charge is 0.361 e. The summed E-state index contributed by atoms with van der Waals surface area (Å²) in [5, 5.41) is 7.45. The summed E-state index contributed by atoms with van der Waals surface area (Å²) in [5.74, 6) is 1.81. The Morgan fingerprint density at radius 3 is 2.65 bits per heavy atom. The van der Waals surface area contributed by atoms with Gasteiger partial charge in [0.05, 0.1) is 17.1 Å². The first-order valence-corrected chi connectivity index (χ1v) is 10.7. The molecule has 3 aromatic rings. The Bertz CT molecular complexity index is 900. The highest BCUT2D eigenvalue weighted by Gasteiger charge is 2.13. The summed E-state index contributed by atoms with van der Waals surface area (Å²) in [5.41, 5.74) is 3.88. The summed E-state index contributed by atoms with van der Waals surface area (Å²) < 4.78 is 6.16. The molecule has 5 nitrogen and oxygen atoms in total. The van der Waals surface area contributed by atoms with Crippen molar-refractivity contribution < 1.29 is 9.32 Å². The molecule has 1 aromatic carbocycles. The molecule has 1 amide bonds. The fourth-order valence-corrected chi connectivity index (χ4v) is 4.53. The van der Waals surface area contributed by atoms with Crippen LogP contribution in [0.15, 0.2) is 33.3 Å². The smallest absolute Gasteiger partial charge is 0.236 e. The molecule has 0 unspecified atom stereocenters. The van der Waals surface area contributed by atoms with Gasteiger partial charge in [-0.05, 0) is 32.9 Å². The van der Waals surface area contributed by atoms with E-state index < -0.39 is 0 Å². The van der Waals surface area contributed by atoms with Crippen molar-refractivity contribution in [3.05, 3.63) is 50.6 Å². The van der Waals surface area contributed by atoms with Crippen LogP contribution in [-0.2, 0) is 10.5 Å². The maximum absolute atomic E-state index is 12.2. The van der Waals surface area contributed by atoms with Gasteiger partial charge in [-0.1, -0.05) is 33.2 Å². The highest BCUT2D eigenvalue weighted by atomic mass is 79.9. The molecule has 0 fully saturated rings. The van der Waals surface area contributed by atoms with Crippen LogP contribution >= 0.6 is 39.0 Å². The number of thioether (sulfide) groups is 1. The third kappa shape index (κ3) is 4.55. The van der Waals surface area contributed by atoms with Gasteiger partial charge in [0, 0.05) is 26.2 Å². The van der Waals surface area contributed by atoms with Gasteiger partial charge in [0.1, 0.15) is 5.76 Å². The number of aryl methyl sites for hydroxylation is 3. The highest BCUT2D eigenvalue weighted by molar-refractivity contribution is 9.10.